The molecule has 0 bridgehead atoms. The van der Waals surface area contributed by atoms with E-state index in [9.17, 15) is 4.79 Å². The van der Waals surface area contributed by atoms with Crippen LogP contribution in [0.3, 0.4) is 0 Å². The minimum Gasteiger partial charge on any atom is -0.461 e. The predicted molar refractivity (Wildman–Crippen MR) is 59.2 cm³/mol. The Hall–Kier alpha value is -0.580. The number of carbonyl (C=O) groups is 1. The topological polar surface area (TPSA) is 30.2 Å². The molecule has 5 heteroatoms. The minimum absolute atomic E-state index is 0.146. The highest BCUT2D eigenvalue weighted by Crippen LogP contribution is 2.33. The van der Waals surface area contributed by atoms with Crippen molar-refractivity contribution < 1.29 is 9.21 Å². The van der Waals surface area contributed by atoms with Crippen molar-refractivity contribution in [2.45, 2.75) is 0 Å². The normalized spacial score (nSPS) is 10.4. The van der Waals surface area contributed by atoms with E-state index in [1.54, 1.807) is 18.2 Å². The Morgan fingerprint density at radius 1 is 1.57 bits per heavy atom. The van der Waals surface area contributed by atoms with Crippen LogP contribution < -0.4 is 0 Å². The van der Waals surface area contributed by atoms with Crippen LogP contribution in [0.5, 0.6) is 0 Å². The Labute approximate surface area is 97.6 Å². The number of furan rings is 1. The second kappa shape index (κ2) is 3.88. The molecule has 2 aromatic heterocycles. The second-order valence-electron chi connectivity index (χ2n) is 2.54. The predicted octanol–water partition coefficient (Wildman–Crippen LogP) is 3.99. The molecule has 72 valence electrons. The van der Waals surface area contributed by atoms with Crippen LogP contribution in [0.15, 0.2) is 32.7 Å². The molecular weight excluding hydrogens is 288 g/mol. The Morgan fingerprint density at radius 3 is 2.86 bits per heavy atom. The van der Waals surface area contributed by atoms with E-state index in [0.717, 1.165) is 3.79 Å². The Balaban J connectivity index is 2.37. The van der Waals surface area contributed by atoms with E-state index in [1.807, 2.05) is 0 Å². The quantitative estimate of drug-likeness (QED) is 0.783. The largest absolute Gasteiger partial charge is 0.461 e. The van der Waals surface area contributed by atoms with Crippen molar-refractivity contribution in [2.24, 2.45) is 0 Å². The number of hydrogen-bond acceptors (Lipinski definition) is 3. The average Bonchev–Trinajstić information content (AvgIpc) is 2.76. The first-order chi connectivity index (χ1) is 6.68. The summed E-state index contributed by atoms with van der Waals surface area (Å²) in [4.78, 5) is 12.3. The molecule has 0 saturated carbocycles. The van der Waals surface area contributed by atoms with E-state index < -0.39 is 0 Å². The lowest BCUT2D eigenvalue weighted by atomic mass is 10.2. The van der Waals surface area contributed by atoms with Gasteiger partial charge in [0.05, 0.1) is 19.9 Å². The van der Waals surface area contributed by atoms with Crippen LogP contribution in [0.4, 0.5) is 0 Å². The first-order valence-corrected chi connectivity index (χ1v) is 5.70. The van der Waals surface area contributed by atoms with Gasteiger partial charge in [0, 0.05) is 0 Å². The van der Waals surface area contributed by atoms with E-state index in [2.05, 4.69) is 15.9 Å². The van der Waals surface area contributed by atoms with Crippen LogP contribution in [0, 0.1) is 0 Å². The average molecular weight is 292 g/mol. The van der Waals surface area contributed by atoms with Crippen LogP contribution in [-0.4, -0.2) is 5.78 Å². The monoisotopic (exact) mass is 290 g/mol. The zero-order chi connectivity index (χ0) is 10.1. The van der Waals surface area contributed by atoms with Gasteiger partial charge in [0.25, 0.3) is 0 Å². The number of rotatable bonds is 2. The highest BCUT2D eigenvalue weighted by Gasteiger charge is 2.16. The molecule has 2 heterocycles. The van der Waals surface area contributed by atoms with E-state index in [0.29, 0.717) is 15.7 Å². The van der Waals surface area contributed by atoms with Crippen molar-refractivity contribution in [1.29, 1.82) is 0 Å². The summed E-state index contributed by atoms with van der Waals surface area (Å²) in [6.07, 6.45) is 1.47. The standard InChI is InChI=1S/C9H4BrClO2S/c10-9-5(11)4-7(14-9)8(12)6-2-1-3-13-6/h1-4H. The molecule has 0 aliphatic rings. The molecule has 14 heavy (non-hydrogen) atoms. The van der Waals surface area contributed by atoms with Gasteiger partial charge in [-0.3, -0.25) is 4.79 Å². The van der Waals surface area contributed by atoms with Crippen molar-refractivity contribution in [3.05, 3.63) is 43.9 Å². The number of hydrogen-bond donors (Lipinski definition) is 0. The summed E-state index contributed by atoms with van der Waals surface area (Å²) in [6.45, 7) is 0. The number of ketones is 1. The molecule has 0 radical (unpaired) electrons. The third-order valence-electron chi connectivity index (χ3n) is 1.61. The van der Waals surface area contributed by atoms with Gasteiger partial charge >= 0.3 is 0 Å². The fraction of sp³-hybridized carbons (Fsp3) is 0. The van der Waals surface area contributed by atoms with Gasteiger partial charge in [-0.15, -0.1) is 11.3 Å². The minimum atomic E-state index is -0.146. The molecule has 0 amide bonds. The lowest BCUT2D eigenvalue weighted by Crippen LogP contribution is -1.95. The highest BCUT2D eigenvalue weighted by molar-refractivity contribution is 9.11. The van der Waals surface area contributed by atoms with E-state index in [1.165, 1.54) is 17.6 Å². The van der Waals surface area contributed by atoms with Gasteiger partial charge < -0.3 is 4.42 Å². The summed E-state index contributed by atoms with van der Waals surface area (Å²) in [7, 11) is 0. The van der Waals surface area contributed by atoms with Gasteiger partial charge in [-0.25, -0.2) is 0 Å². The summed E-state index contributed by atoms with van der Waals surface area (Å²) in [5.74, 6) is 0.183. The summed E-state index contributed by atoms with van der Waals surface area (Å²) >= 11 is 10.4. The lowest BCUT2D eigenvalue weighted by molar-refractivity contribution is 0.101. The molecule has 0 aliphatic heterocycles. The van der Waals surface area contributed by atoms with Crippen molar-refractivity contribution in [3.8, 4) is 0 Å². The second-order valence-corrected chi connectivity index (χ2v) is 5.32. The summed E-state index contributed by atoms with van der Waals surface area (Å²) < 4.78 is 5.76. The fourth-order valence-corrected chi connectivity index (χ4v) is 2.63. The van der Waals surface area contributed by atoms with Crippen LogP contribution in [0.1, 0.15) is 15.4 Å². The highest BCUT2D eigenvalue weighted by atomic mass is 79.9. The SMILES string of the molecule is O=C(c1ccco1)c1cc(Cl)c(Br)s1. The molecule has 0 saturated heterocycles. The molecule has 0 aromatic carbocycles. The van der Waals surface area contributed by atoms with Crippen molar-refractivity contribution >= 4 is 44.7 Å². The van der Waals surface area contributed by atoms with Gasteiger partial charge in [-0.1, -0.05) is 11.6 Å². The number of halogens is 2. The lowest BCUT2D eigenvalue weighted by Gasteiger charge is -1.89. The molecule has 0 spiro atoms. The Kier molecular flexibility index (Phi) is 2.76. The van der Waals surface area contributed by atoms with Crippen LogP contribution in [0.25, 0.3) is 0 Å². The molecule has 0 atom stereocenters. The van der Waals surface area contributed by atoms with Crippen LogP contribution >= 0.6 is 38.9 Å². The van der Waals surface area contributed by atoms with Crippen LogP contribution in [0.2, 0.25) is 5.02 Å². The number of thiophene rings is 1. The number of carbonyl (C=O) groups excluding carboxylic acids is 1. The Morgan fingerprint density at radius 2 is 2.36 bits per heavy atom. The van der Waals surface area contributed by atoms with Gasteiger partial charge in [-0.2, -0.15) is 0 Å². The van der Waals surface area contributed by atoms with Crippen LogP contribution in [-0.2, 0) is 0 Å². The van der Waals surface area contributed by atoms with Gasteiger partial charge in [-0.05, 0) is 34.1 Å². The van der Waals surface area contributed by atoms with Gasteiger partial charge in [0.2, 0.25) is 5.78 Å². The van der Waals surface area contributed by atoms with Crippen molar-refractivity contribution in [3.63, 3.8) is 0 Å². The maximum Gasteiger partial charge on any atom is 0.238 e. The van der Waals surface area contributed by atoms with E-state index >= 15 is 0 Å². The summed E-state index contributed by atoms with van der Waals surface area (Å²) in [5.41, 5.74) is 0. The molecule has 2 rings (SSSR count). The maximum atomic E-state index is 11.7. The molecule has 0 fully saturated rings. The Bertz CT molecular complexity index is 442. The van der Waals surface area contributed by atoms with Gasteiger partial charge in [0.1, 0.15) is 0 Å². The molecule has 0 N–H and O–H groups in total. The molecule has 0 aliphatic carbocycles. The first kappa shape index (κ1) is 9.96. The molecule has 0 unspecified atom stereocenters. The zero-order valence-electron chi connectivity index (χ0n) is 6.79. The van der Waals surface area contributed by atoms with Gasteiger partial charge in [0.15, 0.2) is 5.76 Å². The third kappa shape index (κ3) is 1.78. The maximum absolute atomic E-state index is 11.7. The molecule has 2 aromatic rings. The molecule has 2 nitrogen and oxygen atoms in total. The fourth-order valence-electron chi connectivity index (χ4n) is 0.988. The van der Waals surface area contributed by atoms with E-state index in [-0.39, 0.29) is 5.78 Å². The van der Waals surface area contributed by atoms with Crippen molar-refractivity contribution in [2.75, 3.05) is 0 Å². The smallest absolute Gasteiger partial charge is 0.238 e. The summed E-state index contributed by atoms with van der Waals surface area (Å²) in [6, 6.07) is 4.93. The summed E-state index contributed by atoms with van der Waals surface area (Å²) in [5, 5.41) is 0.546. The third-order valence-corrected chi connectivity index (χ3v) is 4.09. The molecular formula is C9H4BrClO2S. The van der Waals surface area contributed by atoms with Crippen molar-refractivity contribution in [1.82, 2.24) is 0 Å². The zero-order valence-corrected chi connectivity index (χ0v) is 9.95. The van der Waals surface area contributed by atoms with E-state index in [4.69, 9.17) is 16.0 Å². The first-order valence-electron chi connectivity index (χ1n) is 3.71.